The number of nitrogens with zero attached hydrogens (tertiary/aromatic N) is 1. The number of carboxylic acids is 1. The van der Waals surface area contributed by atoms with Crippen molar-refractivity contribution in [1.29, 1.82) is 5.26 Å². The van der Waals surface area contributed by atoms with E-state index < -0.39 is 5.97 Å². The van der Waals surface area contributed by atoms with Crippen LogP contribution < -0.4 is 4.74 Å². The summed E-state index contributed by atoms with van der Waals surface area (Å²) in [5.74, 6) is -0.714. The van der Waals surface area contributed by atoms with E-state index in [1.165, 1.54) is 24.3 Å². The first kappa shape index (κ1) is 12.9. The zero-order valence-corrected chi connectivity index (χ0v) is 10.4. The fourth-order valence-corrected chi connectivity index (χ4v) is 1.69. The van der Waals surface area contributed by atoms with Crippen molar-refractivity contribution in [2.24, 2.45) is 0 Å². The van der Waals surface area contributed by atoms with E-state index in [0.29, 0.717) is 5.02 Å². The van der Waals surface area contributed by atoms with Crippen molar-refractivity contribution < 1.29 is 14.6 Å². The van der Waals surface area contributed by atoms with Gasteiger partial charge in [0.1, 0.15) is 23.1 Å². The Morgan fingerprint density at radius 1 is 1.21 bits per heavy atom. The number of nitriles is 1. The Balaban J connectivity index is 2.45. The maximum atomic E-state index is 11.1. The van der Waals surface area contributed by atoms with Crippen LogP contribution in [0.15, 0.2) is 42.5 Å². The second-order valence-electron chi connectivity index (χ2n) is 3.66. The summed E-state index contributed by atoms with van der Waals surface area (Å²) in [6.07, 6.45) is 0. The van der Waals surface area contributed by atoms with E-state index in [4.69, 9.17) is 26.7 Å². The minimum atomic E-state index is -1.10. The van der Waals surface area contributed by atoms with Crippen LogP contribution in [0, 0.1) is 11.3 Å². The zero-order chi connectivity index (χ0) is 13.8. The topological polar surface area (TPSA) is 70.3 Å². The number of hydrogen-bond donors (Lipinski definition) is 1. The second-order valence-corrected chi connectivity index (χ2v) is 4.09. The highest BCUT2D eigenvalue weighted by molar-refractivity contribution is 6.30. The molecule has 0 atom stereocenters. The molecule has 2 aromatic carbocycles. The van der Waals surface area contributed by atoms with Gasteiger partial charge in [-0.25, -0.2) is 4.79 Å². The van der Waals surface area contributed by atoms with Crippen molar-refractivity contribution in [3.63, 3.8) is 0 Å². The fourth-order valence-electron chi connectivity index (χ4n) is 1.52. The Bertz CT molecular complexity index is 677. The first-order valence-corrected chi connectivity index (χ1v) is 5.69. The summed E-state index contributed by atoms with van der Waals surface area (Å²) in [6, 6.07) is 12.7. The molecule has 0 saturated heterocycles. The molecule has 0 aromatic heterocycles. The Morgan fingerprint density at radius 3 is 2.63 bits per heavy atom. The molecular weight excluding hydrogens is 266 g/mol. The van der Waals surface area contributed by atoms with Crippen LogP contribution in [0.5, 0.6) is 11.5 Å². The second kappa shape index (κ2) is 5.42. The molecule has 2 aromatic rings. The molecule has 0 heterocycles. The normalized spacial score (nSPS) is 9.68. The largest absolute Gasteiger partial charge is 0.478 e. The molecule has 0 bridgehead atoms. The molecule has 94 valence electrons. The van der Waals surface area contributed by atoms with E-state index in [1.807, 2.05) is 6.07 Å². The number of carbonyl (C=O) groups is 1. The number of ether oxygens (including phenoxy) is 1. The van der Waals surface area contributed by atoms with Crippen LogP contribution in [0.3, 0.4) is 0 Å². The van der Waals surface area contributed by atoms with E-state index in [0.717, 1.165) is 0 Å². The lowest BCUT2D eigenvalue weighted by atomic mass is 10.2. The molecule has 1 N–H and O–H groups in total. The zero-order valence-electron chi connectivity index (χ0n) is 9.63. The predicted octanol–water partition coefficient (Wildman–Crippen LogP) is 3.70. The molecule has 19 heavy (non-hydrogen) atoms. The van der Waals surface area contributed by atoms with Crippen molar-refractivity contribution in [3.05, 3.63) is 58.6 Å². The average molecular weight is 274 g/mol. The van der Waals surface area contributed by atoms with Crippen LogP contribution in [-0.2, 0) is 0 Å². The summed E-state index contributed by atoms with van der Waals surface area (Å²) in [5, 5.41) is 18.4. The number of benzene rings is 2. The average Bonchev–Trinajstić information content (AvgIpc) is 2.39. The van der Waals surface area contributed by atoms with E-state index in [2.05, 4.69) is 0 Å². The summed E-state index contributed by atoms with van der Waals surface area (Å²) < 4.78 is 5.49. The van der Waals surface area contributed by atoms with Gasteiger partial charge in [0, 0.05) is 11.1 Å². The summed E-state index contributed by atoms with van der Waals surface area (Å²) in [6.45, 7) is 0. The molecule has 0 aliphatic heterocycles. The van der Waals surface area contributed by atoms with Gasteiger partial charge in [-0.05, 0) is 24.3 Å². The molecule has 0 fully saturated rings. The summed E-state index contributed by atoms with van der Waals surface area (Å²) in [4.78, 5) is 11.1. The van der Waals surface area contributed by atoms with E-state index in [-0.39, 0.29) is 22.6 Å². The molecule has 0 radical (unpaired) electrons. The highest BCUT2D eigenvalue weighted by atomic mass is 35.5. The predicted molar refractivity (Wildman–Crippen MR) is 69.6 cm³/mol. The molecular formula is C14H8ClNO3. The minimum Gasteiger partial charge on any atom is -0.478 e. The minimum absolute atomic E-state index is 0.0198. The number of rotatable bonds is 3. The lowest BCUT2D eigenvalue weighted by Gasteiger charge is -2.10. The highest BCUT2D eigenvalue weighted by Crippen LogP contribution is 2.30. The standard InChI is InChI=1S/C14H8ClNO3/c15-10-6-5-9(8-16)13(7-10)19-12-4-2-1-3-11(12)14(17)18/h1-7H,(H,17,18). The third-order valence-electron chi connectivity index (χ3n) is 2.40. The summed E-state index contributed by atoms with van der Waals surface area (Å²) >= 11 is 5.84. The van der Waals surface area contributed by atoms with Gasteiger partial charge in [0.2, 0.25) is 0 Å². The lowest BCUT2D eigenvalue weighted by Crippen LogP contribution is -2.00. The third-order valence-corrected chi connectivity index (χ3v) is 2.64. The fraction of sp³-hybridized carbons (Fsp3) is 0. The molecule has 0 aliphatic carbocycles. The maximum Gasteiger partial charge on any atom is 0.339 e. The Kier molecular flexibility index (Phi) is 3.69. The first-order chi connectivity index (χ1) is 9.11. The maximum absolute atomic E-state index is 11.1. The van der Waals surface area contributed by atoms with Crippen molar-refractivity contribution in [3.8, 4) is 17.6 Å². The molecule has 2 rings (SSSR count). The summed E-state index contributed by atoms with van der Waals surface area (Å²) in [5.41, 5.74) is 0.302. The van der Waals surface area contributed by atoms with Crippen LogP contribution in [-0.4, -0.2) is 11.1 Å². The first-order valence-electron chi connectivity index (χ1n) is 5.31. The van der Waals surface area contributed by atoms with Gasteiger partial charge in [-0.15, -0.1) is 0 Å². The SMILES string of the molecule is N#Cc1ccc(Cl)cc1Oc1ccccc1C(=O)O. The van der Waals surface area contributed by atoms with Crippen molar-refractivity contribution >= 4 is 17.6 Å². The monoisotopic (exact) mass is 273 g/mol. The third kappa shape index (κ3) is 2.84. The Morgan fingerprint density at radius 2 is 1.95 bits per heavy atom. The molecule has 5 heteroatoms. The Labute approximate surface area is 114 Å². The van der Waals surface area contributed by atoms with E-state index >= 15 is 0 Å². The van der Waals surface area contributed by atoms with E-state index in [1.54, 1.807) is 18.2 Å². The highest BCUT2D eigenvalue weighted by Gasteiger charge is 2.13. The number of carboxylic acid groups (broad SMARTS) is 1. The van der Waals surface area contributed by atoms with Gasteiger partial charge in [0.05, 0.1) is 5.56 Å². The number of halogens is 1. The van der Waals surface area contributed by atoms with E-state index in [9.17, 15) is 4.79 Å². The smallest absolute Gasteiger partial charge is 0.339 e. The van der Waals surface area contributed by atoms with Crippen LogP contribution >= 0.6 is 11.6 Å². The lowest BCUT2D eigenvalue weighted by molar-refractivity contribution is 0.0694. The molecule has 0 unspecified atom stereocenters. The molecule has 0 spiro atoms. The van der Waals surface area contributed by atoms with Gasteiger partial charge in [-0.3, -0.25) is 0 Å². The molecule has 4 nitrogen and oxygen atoms in total. The van der Waals surface area contributed by atoms with Gasteiger partial charge >= 0.3 is 5.97 Å². The van der Waals surface area contributed by atoms with Crippen molar-refractivity contribution in [1.82, 2.24) is 0 Å². The van der Waals surface area contributed by atoms with Crippen molar-refractivity contribution in [2.75, 3.05) is 0 Å². The Hall–Kier alpha value is -2.51. The molecule has 0 saturated carbocycles. The molecule has 0 amide bonds. The number of aromatic carboxylic acids is 1. The number of hydrogen-bond acceptors (Lipinski definition) is 3. The van der Waals surface area contributed by atoms with Crippen molar-refractivity contribution in [2.45, 2.75) is 0 Å². The summed E-state index contributed by atoms with van der Waals surface area (Å²) in [7, 11) is 0. The van der Waals surface area contributed by atoms with Crippen LogP contribution in [0.25, 0.3) is 0 Å². The quantitative estimate of drug-likeness (QED) is 0.925. The van der Waals surface area contributed by atoms with Gasteiger partial charge in [-0.1, -0.05) is 23.7 Å². The van der Waals surface area contributed by atoms with Gasteiger partial charge < -0.3 is 9.84 Å². The number of para-hydroxylation sites is 1. The van der Waals surface area contributed by atoms with Crippen LogP contribution in [0.1, 0.15) is 15.9 Å². The van der Waals surface area contributed by atoms with Gasteiger partial charge in [0.15, 0.2) is 0 Å². The molecule has 0 aliphatic rings. The van der Waals surface area contributed by atoms with Crippen LogP contribution in [0.4, 0.5) is 0 Å². The van der Waals surface area contributed by atoms with Gasteiger partial charge in [-0.2, -0.15) is 5.26 Å². The van der Waals surface area contributed by atoms with Gasteiger partial charge in [0.25, 0.3) is 0 Å². The van der Waals surface area contributed by atoms with Crippen LogP contribution in [0.2, 0.25) is 5.02 Å².